The lowest BCUT2D eigenvalue weighted by Crippen LogP contribution is -2.16. The van der Waals surface area contributed by atoms with Crippen LogP contribution in [0.25, 0.3) is 10.1 Å². The molecule has 1 amide bonds. The van der Waals surface area contributed by atoms with Gasteiger partial charge >= 0.3 is 0 Å². The van der Waals surface area contributed by atoms with E-state index in [9.17, 15) is 4.79 Å². The van der Waals surface area contributed by atoms with Crippen LogP contribution in [0, 0.1) is 0 Å². The van der Waals surface area contributed by atoms with E-state index in [4.69, 9.17) is 4.74 Å². The highest BCUT2D eigenvalue weighted by Gasteiger charge is 2.08. The third kappa shape index (κ3) is 3.15. The summed E-state index contributed by atoms with van der Waals surface area (Å²) in [5.41, 5.74) is 3.43. The summed E-state index contributed by atoms with van der Waals surface area (Å²) in [5.74, 6) is 0.581. The van der Waals surface area contributed by atoms with E-state index in [2.05, 4.69) is 10.5 Å². The third-order valence-corrected chi connectivity index (χ3v) is 4.26. The molecule has 0 aliphatic carbocycles. The minimum absolute atomic E-state index is 0.203. The number of amides is 1. The minimum atomic E-state index is -0.203. The number of carbonyl (C=O) groups is 1. The number of thiophene rings is 1. The molecule has 3 aromatic rings. The molecule has 0 spiro atoms. The molecule has 0 saturated heterocycles. The van der Waals surface area contributed by atoms with Crippen molar-refractivity contribution in [3.63, 3.8) is 0 Å². The van der Waals surface area contributed by atoms with Gasteiger partial charge in [-0.1, -0.05) is 18.2 Å². The number of methoxy groups -OCH3 is 1. The van der Waals surface area contributed by atoms with Gasteiger partial charge in [0, 0.05) is 4.70 Å². The van der Waals surface area contributed by atoms with Gasteiger partial charge in [0.25, 0.3) is 5.91 Å². The van der Waals surface area contributed by atoms with Crippen LogP contribution in [0.2, 0.25) is 0 Å². The van der Waals surface area contributed by atoms with Crippen molar-refractivity contribution in [1.82, 2.24) is 5.43 Å². The van der Waals surface area contributed by atoms with Crippen LogP contribution in [0.1, 0.15) is 15.2 Å². The smallest absolute Gasteiger partial charge is 0.281 e. The van der Waals surface area contributed by atoms with Crippen molar-refractivity contribution in [3.05, 3.63) is 65.0 Å². The summed E-state index contributed by atoms with van der Waals surface area (Å²) < 4.78 is 6.18. The molecule has 0 aliphatic rings. The normalized spacial score (nSPS) is 11.0. The van der Waals surface area contributed by atoms with Crippen molar-refractivity contribution in [1.29, 1.82) is 0 Å². The topological polar surface area (TPSA) is 50.7 Å². The van der Waals surface area contributed by atoms with Crippen LogP contribution in [-0.2, 0) is 0 Å². The van der Waals surface area contributed by atoms with Crippen LogP contribution in [0.4, 0.5) is 0 Å². The van der Waals surface area contributed by atoms with Gasteiger partial charge < -0.3 is 4.74 Å². The molecule has 4 nitrogen and oxygen atoms in total. The number of rotatable bonds is 4. The second-order valence-electron chi connectivity index (χ2n) is 4.62. The molecule has 0 radical (unpaired) electrons. The van der Waals surface area contributed by atoms with Gasteiger partial charge in [0.2, 0.25) is 0 Å². The van der Waals surface area contributed by atoms with Crippen molar-refractivity contribution in [2.24, 2.45) is 5.10 Å². The highest BCUT2D eigenvalue weighted by molar-refractivity contribution is 7.20. The maximum absolute atomic E-state index is 12.1. The number of carbonyl (C=O) groups excluding carboxylic acids is 1. The second kappa shape index (κ2) is 6.41. The van der Waals surface area contributed by atoms with Gasteiger partial charge in [0.1, 0.15) is 5.75 Å². The van der Waals surface area contributed by atoms with Crippen LogP contribution in [0.3, 0.4) is 0 Å². The lowest BCUT2D eigenvalue weighted by molar-refractivity contribution is 0.0959. The first-order valence-corrected chi connectivity index (χ1v) is 7.54. The van der Waals surface area contributed by atoms with Gasteiger partial charge in [0.05, 0.1) is 18.2 Å². The number of hydrazone groups is 1. The Morgan fingerprint density at radius 2 is 1.95 bits per heavy atom. The Kier molecular flexibility index (Phi) is 4.16. The van der Waals surface area contributed by atoms with Crippen LogP contribution in [-0.4, -0.2) is 19.2 Å². The summed E-state index contributed by atoms with van der Waals surface area (Å²) in [7, 11) is 1.62. The fourth-order valence-electron chi connectivity index (χ4n) is 2.00. The summed E-state index contributed by atoms with van der Waals surface area (Å²) in [6.45, 7) is 0. The van der Waals surface area contributed by atoms with Crippen LogP contribution >= 0.6 is 11.3 Å². The molecule has 0 unspecified atom stereocenters. The Labute approximate surface area is 132 Å². The van der Waals surface area contributed by atoms with Crippen molar-refractivity contribution in [2.45, 2.75) is 0 Å². The van der Waals surface area contributed by atoms with Crippen molar-refractivity contribution in [2.75, 3.05) is 7.11 Å². The molecule has 0 aliphatic heterocycles. The highest BCUT2D eigenvalue weighted by atomic mass is 32.1. The van der Waals surface area contributed by atoms with E-state index < -0.39 is 0 Å². The Morgan fingerprint density at radius 3 is 2.68 bits per heavy atom. The maximum atomic E-state index is 12.1. The van der Waals surface area contributed by atoms with Crippen molar-refractivity contribution in [3.8, 4) is 5.75 Å². The standard InChI is InChI=1S/C17H14N2O2S/c1-21-14-8-6-12(7-9-14)11-18-19-17(20)16-10-13-4-2-3-5-15(13)22-16/h2-11H,1H3,(H,19,20). The van der Waals surface area contributed by atoms with Crippen LogP contribution in [0.5, 0.6) is 5.75 Å². The fourth-order valence-corrected chi connectivity index (χ4v) is 2.96. The van der Waals surface area contributed by atoms with E-state index in [1.54, 1.807) is 13.3 Å². The number of nitrogens with zero attached hydrogens (tertiary/aromatic N) is 1. The van der Waals surface area contributed by atoms with E-state index >= 15 is 0 Å². The summed E-state index contributed by atoms with van der Waals surface area (Å²) in [4.78, 5) is 12.7. The monoisotopic (exact) mass is 310 g/mol. The Balaban J connectivity index is 1.67. The van der Waals surface area contributed by atoms with Gasteiger partial charge in [-0.3, -0.25) is 4.79 Å². The first kappa shape index (κ1) is 14.3. The minimum Gasteiger partial charge on any atom is -0.497 e. The lowest BCUT2D eigenvalue weighted by atomic mass is 10.2. The molecule has 110 valence electrons. The molecule has 0 atom stereocenters. The van der Waals surface area contributed by atoms with E-state index in [1.807, 2.05) is 54.6 Å². The van der Waals surface area contributed by atoms with E-state index in [-0.39, 0.29) is 5.91 Å². The summed E-state index contributed by atoms with van der Waals surface area (Å²) in [5, 5.41) is 5.05. The van der Waals surface area contributed by atoms with Crippen molar-refractivity contribution >= 4 is 33.5 Å². The lowest BCUT2D eigenvalue weighted by Gasteiger charge is -1.99. The molecule has 2 aromatic carbocycles. The predicted molar refractivity (Wildman–Crippen MR) is 89.9 cm³/mol. The zero-order valence-corrected chi connectivity index (χ0v) is 12.8. The third-order valence-electron chi connectivity index (χ3n) is 3.14. The molecule has 3 rings (SSSR count). The Bertz CT molecular complexity index is 789. The summed E-state index contributed by atoms with van der Waals surface area (Å²) >= 11 is 1.45. The second-order valence-corrected chi connectivity index (χ2v) is 5.70. The first-order valence-electron chi connectivity index (χ1n) is 6.72. The maximum Gasteiger partial charge on any atom is 0.281 e. The number of benzene rings is 2. The largest absolute Gasteiger partial charge is 0.497 e. The number of nitrogens with one attached hydrogen (secondary N) is 1. The highest BCUT2D eigenvalue weighted by Crippen LogP contribution is 2.24. The van der Waals surface area contributed by atoms with Gasteiger partial charge in [-0.2, -0.15) is 5.10 Å². The molecule has 0 saturated carbocycles. The zero-order valence-electron chi connectivity index (χ0n) is 11.9. The average Bonchev–Trinajstić information content (AvgIpc) is 2.99. The quantitative estimate of drug-likeness (QED) is 0.590. The number of hydrogen-bond donors (Lipinski definition) is 1. The zero-order chi connectivity index (χ0) is 15.4. The molecule has 22 heavy (non-hydrogen) atoms. The summed E-state index contributed by atoms with van der Waals surface area (Å²) in [6.07, 6.45) is 1.60. The number of hydrogen-bond acceptors (Lipinski definition) is 4. The van der Waals surface area contributed by atoms with Crippen LogP contribution < -0.4 is 10.2 Å². The van der Waals surface area contributed by atoms with E-state index in [1.165, 1.54) is 11.3 Å². The van der Waals surface area contributed by atoms with Crippen molar-refractivity contribution < 1.29 is 9.53 Å². The van der Waals surface area contributed by atoms with Gasteiger partial charge in [-0.05, 0) is 47.3 Å². The molecular formula is C17H14N2O2S. The fraction of sp³-hybridized carbons (Fsp3) is 0.0588. The SMILES string of the molecule is COc1ccc(C=NNC(=O)c2cc3ccccc3s2)cc1. The average molecular weight is 310 g/mol. The Morgan fingerprint density at radius 1 is 1.18 bits per heavy atom. The Hall–Kier alpha value is -2.66. The predicted octanol–water partition coefficient (Wildman–Crippen LogP) is 3.67. The molecule has 5 heteroatoms. The number of fused-ring (bicyclic) bond motifs is 1. The van der Waals surface area contributed by atoms with Crippen LogP contribution in [0.15, 0.2) is 59.7 Å². The molecule has 0 fully saturated rings. The van der Waals surface area contributed by atoms with E-state index in [0.717, 1.165) is 21.4 Å². The molecule has 1 N–H and O–H groups in total. The molecule has 0 bridgehead atoms. The number of ether oxygens (including phenoxy) is 1. The van der Waals surface area contributed by atoms with Gasteiger partial charge in [-0.25, -0.2) is 5.43 Å². The summed E-state index contributed by atoms with van der Waals surface area (Å²) in [6, 6.07) is 17.2. The molecule has 1 heterocycles. The first-order chi connectivity index (χ1) is 10.8. The van der Waals surface area contributed by atoms with Gasteiger partial charge in [0.15, 0.2) is 0 Å². The van der Waals surface area contributed by atoms with E-state index in [0.29, 0.717) is 4.88 Å². The molecule has 1 aromatic heterocycles. The molecular weight excluding hydrogens is 296 g/mol. The van der Waals surface area contributed by atoms with Gasteiger partial charge in [-0.15, -0.1) is 11.3 Å².